The van der Waals surface area contributed by atoms with E-state index in [1.807, 2.05) is 0 Å². The molecule has 0 aliphatic heterocycles. The zero-order valence-electron chi connectivity index (χ0n) is 13.2. The van der Waals surface area contributed by atoms with E-state index in [1.165, 1.54) is 39.0 Å². The van der Waals surface area contributed by atoms with E-state index in [-0.39, 0.29) is 11.9 Å². The Morgan fingerprint density at radius 3 is 2.18 bits per heavy atom. The third kappa shape index (κ3) is 5.76. The molecule has 1 aliphatic rings. The van der Waals surface area contributed by atoms with Gasteiger partial charge in [-0.25, -0.2) is 4.79 Å². The molecule has 3 N–H and O–H groups in total. The summed E-state index contributed by atoms with van der Waals surface area (Å²) in [6, 6.07) is 6.89. The first-order valence-corrected chi connectivity index (χ1v) is 8.06. The lowest BCUT2D eigenvalue weighted by atomic mass is 9.87. The van der Waals surface area contributed by atoms with E-state index >= 15 is 0 Å². The maximum atomic E-state index is 11.8. The molecule has 1 aliphatic carbocycles. The normalized spacial score (nSPS) is 15.1. The Morgan fingerprint density at radius 2 is 1.59 bits per heavy atom. The lowest BCUT2D eigenvalue weighted by Gasteiger charge is -2.21. The molecule has 0 aromatic heterocycles. The number of hydrogen-bond donors (Lipinski definition) is 3. The Kier molecular flexibility index (Phi) is 6.25. The Morgan fingerprint density at radius 1 is 1.00 bits per heavy atom. The number of carbonyl (C=O) groups is 2. The van der Waals surface area contributed by atoms with Gasteiger partial charge in [0.25, 0.3) is 0 Å². The lowest BCUT2D eigenvalue weighted by Crippen LogP contribution is -2.30. The number of urea groups is 1. The van der Waals surface area contributed by atoms with E-state index in [0.29, 0.717) is 5.69 Å². The van der Waals surface area contributed by atoms with Crippen LogP contribution in [0.2, 0.25) is 0 Å². The molecule has 0 spiro atoms. The molecule has 0 bridgehead atoms. The molecule has 1 aromatic carbocycles. The first-order chi connectivity index (χ1) is 10.6. The van der Waals surface area contributed by atoms with Crippen molar-refractivity contribution in [3.05, 3.63) is 24.3 Å². The van der Waals surface area contributed by atoms with Crippen molar-refractivity contribution >= 4 is 23.3 Å². The van der Waals surface area contributed by atoms with Crippen molar-refractivity contribution in [1.29, 1.82) is 0 Å². The summed E-state index contributed by atoms with van der Waals surface area (Å²) in [5, 5.41) is 8.39. The molecule has 3 amide bonds. The quantitative estimate of drug-likeness (QED) is 0.775. The van der Waals surface area contributed by atoms with Gasteiger partial charge < -0.3 is 16.0 Å². The molecule has 22 heavy (non-hydrogen) atoms. The van der Waals surface area contributed by atoms with Crippen LogP contribution in [0.4, 0.5) is 16.2 Å². The fourth-order valence-corrected chi connectivity index (χ4v) is 2.88. The number of nitrogens with one attached hydrogen (secondary N) is 3. The number of anilines is 2. The van der Waals surface area contributed by atoms with Crippen molar-refractivity contribution in [2.24, 2.45) is 5.92 Å². The largest absolute Gasteiger partial charge is 0.338 e. The van der Waals surface area contributed by atoms with E-state index in [4.69, 9.17) is 0 Å². The van der Waals surface area contributed by atoms with Crippen LogP contribution in [0.15, 0.2) is 24.3 Å². The molecular formula is C17H25N3O2. The molecule has 2 rings (SSSR count). The van der Waals surface area contributed by atoms with Crippen LogP contribution >= 0.6 is 0 Å². The fourth-order valence-electron chi connectivity index (χ4n) is 2.88. The molecular weight excluding hydrogens is 278 g/mol. The topological polar surface area (TPSA) is 70.2 Å². The maximum Gasteiger partial charge on any atom is 0.319 e. The van der Waals surface area contributed by atoms with Gasteiger partial charge in [-0.2, -0.15) is 0 Å². The molecule has 0 saturated heterocycles. The van der Waals surface area contributed by atoms with Gasteiger partial charge in [-0.05, 0) is 36.6 Å². The summed E-state index contributed by atoms with van der Waals surface area (Å²) in [4.78, 5) is 22.8. The summed E-state index contributed by atoms with van der Waals surface area (Å²) in [5.41, 5.74) is 1.43. The van der Waals surface area contributed by atoms with E-state index in [2.05, 4.69) is 16.0 Å². The Bertz CT molecular complexity index is 493. The monoisotopic (exact) mass is 303 g/mol. The van der Waals surface area contributed by atoms with Gasteiger partial charge in [0.05, 0.1) is 0 Å². The summed E-state index contributed by atoms with van der Waals surface area (Å²) in [7, 11) is 0. The van der Waals surface area contributed by atoms with Crippen LogP contribution < -0.4 is 16.0 Å². The Balaban J connectivity index is 1.68. The Labute approximate surface area is 131 Å². The van der Waals surface area contributed by atoms with Crippen molar-refractivity contribution in [1.82, 2.24) is 5.32 Å². The van der Waals surface area contributed by atoms with Crippen LogP contribution in [0.3, 0.4) is 0 Å². The van der Waals surface area contributed by atoms with E-state index < -0.39 is 0 Å². The summed E-state index contributed by atoms with van der Waals surface area (Å²) in [5.74, 6) is 0.659. The first-order valence-electron chi connectivity index (χ1n) is 8.06. The van der Waals surface area contributed by atoms with Crippen molar-refractivity contribution in [3.8, 4) is 0 Å². The highest BCUT2D eigenvalue weighted by Crippen LogP contribution is 2.25. The van der Waals surface area contributed by atoms with Crippen LogP contribution in [0.5, 0.6) is 0 Å². The van der Waals surface area contributed by atoms with Crippen molar-refractivity contribution < 1.29 is 9.59 Å². The minimum Gasteiger partial charge on any atom is -0.338 e. The molecule has 0 radical (unpaired) electrons. The second-order valence-corrected chi connectivity index (χ2v) is 5.93. The highest BCUT2D eigenvalue weighted by atomic mass is 16.2. The van der Waals surface area contributed by atoms with Crippen LogP contribution in [0, 0.1) is 5.92 Å². The average Bonchev–Trinajstić information content (AvgIpc) is 2.50. The van der Waals surface area contributed by atoms with Gasteiger partial charge in [0.2, 0.25) is 5.91 Å². The van der Waals surface area contributed by atoms with Gasteiger partial charge in [0.15, 0.2) is 0 Å². The molecule has 120 valence electrons. The molecule has 1 fully saturated rings. The summed E-state index contributed by atoms with van der Waals surface area (Å²) in [6.45, 7) is 2.19. The predicted molar refractivity (Wildman–Crippen MR) is 89.0 cm³/mol. The standard InChI is InChI=1S/C17H25N3O2/c1-13(21)19-15-7-9-16(10-8-15)20-17(22)18-12-11-14-5-3-2-4-6-14/h7-10,14H,2-6,11-12H2,1H3,(H,19,21)(H2,18,20,22). The molecule has 5 nitrogen and oxygen atoms in total. The molecule has 5 heteroatoms. The van der Waals surface area contributed by atoms with Crippen LogP contribution in [-0.2, 0) is 4.79 Å². The first kappa shape index (κ1) is 16.3. The maximum absolute atomic E-state index is 11.8. The van der Waals surface area contributed by atoms with Gasteiger partial charge in [0.1, 0.15) is 0 Å². The number of carbonyl (C=O) groups excluding carboxylic acids is 2. The van der Waals surface area contributed by atoms with E-state index in [1.54, 1.807) is 24.3 Å². The lowest BCUT2D eigenvalue weighted by molar-refractivity contribution is -0.114. The SMILES string of the molecule is CC(=O)Nc1ccc(NC(=O)NCCC2CCCCC2)cc1. The van der Waals surface area contributed by atoms with Gasteiger partial charge in [0, 0.05) is 24.8 Å². The zero-order valence-corrected chi connectivity index (χ0v) is 13.2. The van der Waals surface area contributed by atoms with Crippen molar-refractivity contribution in [2.75, 3.05) is 17.2 Å². The number of amides is 3. The van der Waals surface area contributed by atoms with Gasteiger partial charge in [-0.1, -0.05) is 32.1 Å². The highest BCUT2D eigenvalue weighted by Gasteiger charge is 2.13. The van der Waals surface area contributed by atoms with E-state index in [0.717, 1.165) is 24.6 Å². The second kappa shape index (κ2) is 8.41. The number of benzene rings is 1. The molecule has 0 heterocycles. The molecule has 1 saturated carbocycles. The predicted octanol–water partition coefficient (Wildman–Crippen LogP) is 3.74. The second-order valence-electron chi connectivity index (χ2n) is 5.93. The minimum absolute atomic E-state index is 0.110. The summed E-state index contributed by atoms with van der Waals surface area (Å²) < 4.78 is 0. The third-order valence-corrected chi connectivity index (χ3v) is 4.03. The fraction of sp³-hybridized carbons (Fsp3) is 0.529. The third-order valence-electron chi connectivity index (χ3n) is 4.03. The number of rotatable bonds is 5. The minimum atomic E-state index is -0.178. The molecule has 1 aromatic rings. The molecule has 0 atom stereocenters. The van der Waals surface area contributed by atoms with Crippen LogP contribution in [-0.4, -0.2) is 18.5 Å². The zero-order chi connectivity index (χ0) is 15.8. The number of hydrogen-bond acceptors (Lipinski definition) is 2. The smallest absolute Gasteiger partial charge is 0.319 e. The van der Waals surface area contributed by atoms with Gasteiger partial charge in [-0.15, -0.1) is 0 Å². The summed E-state index contributed by atoms with van der Waals surface area (Å²) in [6.07, 6.45) is 7.69. The van der Waals surface area contributed by atoms with Gasteiger partial charge >= 0.3 is 6.03 Å². The van der Waals surface area contributed by atoms with Gasteiger partial charge in [-0.3, -0.25) is 4.79 Å². The van der Waals surface area contributed by atoms with Crippen LogP contribution in [0.1, 0.15) is 45.4 Å². The van der Waals surface area contributed by atoms with E-state index in [9.17, 15) is 9.59 Å². The highest BCUT2D eigenvalue weighted by molar-refractivity contribution is 5.91. The molecule has 0 unspecified atom stereocenters. The summed E-state index contributed by atoms with van der Waals surface area (Å²) >= 11 is 0. The van der Waals surface area contributed by atoms with Crippen molar-refractivity contribution in [2.45, 2.75) is 45.4 Å². The Hall–Kier alpha value is -2.04. The van der Waals surface area contributed by atoms with Crippen LogP contribution in [0.25, 0.3) is 0 Å². The van der Waals surface area contributed by atoms with Crippen molar-refractivity contribution in [3.63, 3.8) is 0 Å². The average molecular weight is 303 g/mol.